The molecule has 0 saturated heterocycles. The fourth-order valence-electron chi connectivity index (χ4n) is 6.56. The van der Waals surface area contributed by atoms with E-state index in [0.717, 1.165) is 6.42 Å². The molecule has 37 heavy (non-hydrogen) atoms. The van der Waals surface area contributed by atoms with Gasteiger partial charge in [-0.3, -0.25) is 0 Å². The van der Waals surface area contributed by atoms with Crippen LogP contribution in [0.4, 0.5) is 0 Å². The molecule has 2 aromatic heterocycles. The second-order valence-corrected chi connectivity index (χ2v) is 13.1. The van der Waals surface area contributed by atoms with Gasteiger partial charge in [0.15, 0.2) is 0 Å². The van der Waals surface area contributed by atoms with Gasteiger partial charge in [-0.25, -0.2) is 0 Å². The molecule has 1 nitrogen and oxygen atoms in total. The average molecular weight is 484 g/mol. The van der Waals surface area contributed by atoms with E-state index in [1.807, 2.05) is 0 Å². The third-order valence-electron chi connectivity index (χ3n) is 8.93. The molecular formula is C36H37N. The highest BCUT2D eigenvalue weighted by Crippen LogP contribution is 2.44. The van der Waals surface area contributed by atoms with Crippen LogP contribution in [0.3, 0.4) is 0 Å². The van der Waals surface area contributed by atoms with E-state index in [0.29, 0.717) is 11.8 Å². The molecule has 186 valence electrons. The summed E-state index contributed by atoms with van der Waals surface area (Å²) in [5.41, 5.74) is 11.5. The van der Waals surface area contributed by atoms with Crippen molar-refractivity contribution >= 4 is 54.9 Å². The Labute approximate surface area is 220 Å². The van der Waals surface area contributed by atoms with Crippen molar-refractivity contribution in [3.63, 3.8) is 0 Å². The highest BCUT2D eigenvalue weighted by molar-refractivity contribution is 6.25. The summed E-state index contributed by atoms with van der Waals surface area (Å²) >= 11 is 0. The van der Waals surface area contributed by atoms with E-state index in [9.17, 15) is 0 Å². The molecule has 6 aromatic rings. The van der Waals surface area contributed by atoms with Crippen molar-refractivity contribution in [2.75, 3.05) is 0 Å². The maximum Gasteiger partial charge on any atom is 0.0620 e. The van der Waals surface area contributed by atoms with Gasteiger partial charge in [-0.2, -0.15) is 0 Å². The van der Waals surface area contributed by atoms with E-state index < -0.39 is 0 Å². The van der Waals surface area contributed by atoms with Crippen LogP contribution in [0.2, 0.25) is 0 Å². The molecule has 0 amide bonds. The molecule has 0 saturated carbocycles. The lowest BCUT2D eigenvalue weighted by Gasteiger charge is -2.20. The zero-order valence-corrected chi connectivity index (χ0v) is 23.3. The third-order valence-corrected chi connectivity index (χ3v) is 8.93. The zero-order chi connectivity index (χ0) is 25.8. The van der Waals surface area contributed by atoms with Crippen molar-refractivity contribution in [1.29, 1.82) is 0 Å². The van der Waals surface area contributed by atoms with Crippen molar-refractivity contribution in [1.82, 2.24) is 4.40 Å². The molecule has 0 bridgehead atoms. The van der Waals surface area contributed by atoms with Gasteiger partial charge in [0, 0.05) is 21.5 Å². The van der Waals surface area contributed by atoms with Gasteiger partial charge in [-0.1, -0.05) is 78.3 Å². The summed E-state index contributed by atoms with van der Waals surface area (Å²) in [4.78, 5) is 0. The number of fused-ring (bicyclic) bond motifs is 8. The first-order valence-electron chi connectivity index (χ1n) is 14.0. The SMILES string of the molecule is CC(C)C1=Cc2cc3c4cc(C(C)(C)C)cc5c6cc7cc(C(C)C)ccc7cc6n(c3cc2CC1)c45. The predicted molar refractivity (Wildman–Crippen MR) is 163 cm³/mol. The summed E-state index contributed by atoms with van der Waals surface area (Å²) in [6, 6.07) is 21.8. The van der Waals surface area contributed by atoms with E-state index in [-0.39, 0.29) is 5.41 Å². The van der Waals surface area contributed by atoms with Crippen molar-refractivity contribution in [3.05, 3.63) is 82.4 Å². The Bertz CT molecular complexity index is 1900. The minimum atomic E-state index is 0.0858. The normalized spacial score (nSPS) is 14.8. The van der Waals surface area contributed by atoms with Crippen LogP contribution >= 0.6 is 0 Å². The molecule has 0 radical (unpaired) electrons. The van der Waals surface area contributed by atoms with Gasteiger partial charge in [0.05, 0.1) is 16.6 Å². The lowest BCUT2D eigenvalue weighted by atomic mass is 9.84. The van der Waals surface area contributed by atoms with Gasteiger partial charge in [0.2, 0.25) is 0 Å². The fraction of sp³-hybridized carbons (Fsp3) is 0.333. The van der Waals surface area contributed by atoms with Gasteiger partial charge in [-0.15, -0.1) is 0 Å². The first-order chi connectivity index (χ1) is 17.6. The Kier molecular flexibility index (Phi) is 4.69. The van der Waals surface area contributed by atoms with Crippen LogP contribution in [0.25, 0.3) is 54.9 Å². The number of hydrogen-bond acceptors (Lipinski definition) is 0. The van der Waals surface area contributed by atoms with E-state index in [2.05, 4.69) is 114 Å². The van der Waals surface area contributed by atoms with Crippen LogP contribution in [0.1, 0.15) is 83.1 Å². The summed E-state index contributed by atoms with van der Waals surface area (Å²) in [5, 5.41) is 8.22. The summed E-state index contributed by atoms with van der Waals surface area (Å²) in [7, 11) is 0. The summed E-state index contributed by atoms with van der Waals surface area (Å²) in [6.07, 6.45) is 4.79. The van der Waals surface area contributed by atoms with Crippen molar-refractivity contribution in [2.45, 2.75) is 72.6 Å². The topological polar surface area (TPSA) is 4.41 Å². The van der Waals surface area contributed by atoms with Gasteiger partial charge >= 0.3 is 0 Å². The lowest BCUT2D eigenvalue weighted by molar-refractivity contribution is 0.592. The minimum Gasteiger partial charge on any atom is -0.308 e. The van der Waals surface area contributed by atoms with Crippen molar-refractivity contribution in [2.24, 2.45) is 5.92 Å². The molecule has 0 spiro atoms. The highest BCUT2D eigenvalue weighted by atomic mass is 14.9. The van der Waals surface area contributed by atoms with Gasteiger partial charge in [-0.05, 0) is 99.5 Å². The van der Waals surface area contributed by atoms with Crippen LogP contribution in [0.15, 0.2) is 60.2 Å². The molecule has 4 aromatic carbocycles. The number of nitrogens with zero attached hydrogens (tertiary/aromatic N) is 1. The average Bonchev–Trinajstić information content (AvgIpc) is 3.35. The molecule has 0 N–H and O–H groups in total. The Morgan fingerprint density at radius 1 is 0.676 bits per heavy atom. The number of benzene rings is 4. The third kappa shape index (κ3) is 3.29. The lowest BCUT2D eigenvalue weighted by Crippen LogP contribution is -2.10. The maximum absolute atomic E-state index is 2.57. The second-order valence-electron chi connectivity index (χ2n) is 13.1. The molecule has 1 heteroatoms. The molecule has 0 atom stereocenters. The van der Waals surface area contributed by atoms with E-state index in [1.54, 1.807) is 5.57 Å². The molecular weight excluding hydrogens is 446 g/mol. The molecule has 0 unspecified atom stereocenters. The smallest absolute Gasteiger partial charge is 0.0620 e. The highest BCUT2D eigenvalue weighted by Gasteiger charge is 2.24. The van der Waals surface area contributed by atoms with Crippen molar-refractivity contribution < 1.29 is 0 Å². The Balaban J connectivity index is 1.65. The Morgan fingerprint density at radius 3 is 2.05 bits per heavy atom. The van der Waals surface area contributed by atoms with Crippen LogP contribution in [0, 0.1) is 5.92 Å². The van der Waals surface area contributed by atoms with Crippen LogP contribution in [0.5, 0.6) is 0 Å². The molecule has 0 aliphatic heterocycles. The minimum absolute atomic E-state index is 0.0858. The van der Waals surface area contributed by atoms with Crippen LogP contribution in [-0.4, -0.2) is 4.40 Å². The first kappa shape index (κ1) is 22.8. The van der Waals surface area contributed by atoms with Gasteiger partial charge in [0.25, 0.3) is 0 Å². The van der Waals surface area contributed by atoms with E-state index >= 15 is 0 Å². The number of aromatic nitrogens is 1. The standard InChI is InChI=1S/C36H37N/c1-20(2)22-8-10-24-16-33-29(14-26(24)12-22)31-18-28(36(5,6)7)19-32-30-15-27-13-23(21(3)4)9-11-25(27)17-34(30)37(33)35(31)32/h8,10,12-21H,9,11H2,1-7H3. The molecule has 0 fully saturated rings. The maximum atomic E-state index is 2.57. The summed E-state index contributed by atoms with van der Waals surface area (Å²) < 4.78 is 2.57. The monoisotopic (exact) mass is 483 g/mol. The van der Waals surface area contributed by atoms with Crippen LogP contribution < -0.4 is 0 Å². The number of aryl methyl sites for hydroxylation is 1. The molecule has 7 rings (SSSR count). The van der Waals surface area contributed by atoms with Gasteiger partial charge < -0.3 is 4.40 Å². The summed E-state index contributed by atoms with van der Waals surface area (Å²) in [6.45, 7) is 16.2. The van der Waals surface area contributed by atoms with Crippen LogP contribution in [-0.2, 0) is 11.8 Å². The summed E-state index contributed by atoms with van der Waals surface area (Å²) in [5.74, 6) is 1.14. The predicted octanol–water partition coefficient (Wildman–Crippen LogP) is 10.4. The number of rotatable bonds is 2. The fourth-order valence-corrected chi connectivity index (χ4v) is 6.56. The molecule has 2 heterocycles. The van der Waals surface area contributed by atoms with E-state index in [1.165, 1.54) is 77.5 Å². The Hall–Kier alpha value is -3.32. The first-order valence-corrected chi connectivity index (χ1v) is 14.0. The molecule has 1 aliphatic carbocycles. The second kappa shape index (κ2) is 7.60. The van der Waals surface area contributed by atoms with Crippen molar-refractivity contribution in [3.8, 4) is 0 Å². The zero-order valence-electron chi connectivity index (χ0n) is 23.3. The largest absolute Gasteiger partial charge is 0.308 e. The molecule has 1 aliphatic rings. The Morgan fingerprint density at radius 2 is 1.38 bits per heavy atom. The quantitative estimate of drug-likeness (QED) is 0.231. The van der Waals surface area contributed by atoms with Gasteiger partial charge in [0.1, 0.15) is 0 Å². The van der Waals surface area contributed by atoms with E-state index in [4.69, 9.17) is 0 Å². The number of allylic oxidation sites excluding steroid dienone is 1. The number of hydrogen-bond donors (Lipinski definition) is 0.